The van der Waals surface area contributed by atoms with Crippen LogP contribution in [-0.4, -0.2) is 31.1 Å². The van der Waals surface area contributed by atoms with Gasteiger partial charge in [0.25, 0.3) is 5.91 Å². The summed E-state index contributed by atoms with van der Waals surface area (Å²) in [6.45, 7) is 6.11. The standard InChI is InChI=1S/C21H27NO5/c1-4-25-15-9-10-18-16(11-15)14(3)20(27-18)21(24)26-12-19(23)22-17-8-6-5-7-13(17)2/h9-11,13,17H,4-8,12H2,1-3H3,(H,22,23)/t13-,17+/m1/s1. The summed E-state index contributed by atoms with van der Waals surface area (Å²) < 4.78 is 16.3. The van der Waals surface area contributed by atoms with Crippen molar-refractivity contribution in [1.29, 1.82) is 0 Å². The molecule has 1 heterocycles. The van der Waals surface area contributed by atoms with E-state index in [0.29, 0.717) is 23.7 Å². The van der Waals surface area contributed by atoms with Gasteiger partial charge in [0.15, 0.2) is 6.61 Å². The average molecular weight is 373 g/mol. The van der Waals surface area contributed by atoms with E-state index < -0.39 is 5.97 Å². The second kappa shape index (κ2) is 8.46. The highest BCUT2D eigenvalue weighted by Gasteiger charge is 2.24. The summed E-state index contributed by atoms with van der Waals surface area (Å²) >= 11 is 0. The lowest BCUT2D eigenvalue weighted by Crippen LogP contribution is -2.42. The van der Waals surface area contributed by atoms with Crippen LogP contribution in [0.4, 0.5) is 0 Å². The maximum absolute atomic E-state index is 12.4. The summed E-state index contributed by atoms with van der Waals surface area (Å²) in [5, 5.41) is 3.77. The fourth-order valence-electron chi connectivity index (χ4n) is 3.63. The van der Waals surface area contributed by atoms with Crippen molar-refractivity contribution in [3.8, 4) is 5.75 Å². The lowest BCUT2D eigenvalue weighted by Gasteiger charge is -2.29. The van der Waals surface area contributed by atoms with E-state index in [0.717, 1.165) is 30.4 Å². The number of amides is 1. The van der Waals surface area contributed by atoms with Crippen molar-refractivity contribution in [2.24, 2.45) is 5.92 Å². The van der Waals surface area contributed by atoms with Gasteiger partial charge < -0.3 is 19.2 Å². The smallest absolute Gasteiger partial charge is 0.375 e. The zero-order valence-corrected chi connectivity index (χ0v) is 16.2. The van der Waals surface area contributed by atoms with Crippen LogP contribution in [0.2, 0.25) is 0 Å². The third-order valence-corrected chi connectivity index (χ3v) is 5.20. The van der Waals surface area contributed by atoms with Crippen molar-refractivity contribution in [2.75, 3.05) is 13.2 Å². The maximum Gasteiger partial charge on any atom is 0.375 e. The molecule has 6 heteroatoms. The summed E-state index contributed by atoms with van der Waals surface area (Å²) in [5.74, 6) is 0.394. The Balaban J connectivity index is 1.62. The Morgan fingerprint density at radius 2 is 2.04 bits per heavy atom. The largest absolute Gasteiger partial charge is 0.494 e. The van der Waals surface area contributed by atoms with Gasteiger partial charge in [0, 0.05) is 17.0 Å². The van der Waals surface area contributed by atoms with Gasteiger partial charge in [0.05, 0.1) is 6.61 Å². The lowest BCUT2D eigenvalue weighted by atomic mass is 9.86. The van der Waals surface area contributed by atoms with E-state index in [2.05, 4.69) is 12.2 Å². The van der Waals surface area contributed by atoms with Crippen molar-refractivity contribution in [3.63, 3.8) is 0 Å². The fourth-order valence-corrected chi connectivity index (χ4v) is 3.63. The molecule has 1 N–H and O–H groups in total. The first-order chi connectivity index (χ1) is 13.0. The topological polar surface area (TPSA) is 77.8 Å². The van der Waals surface area contributed by atoms with Crippen molar-refractivity contribution in [2.45, 2.75) is 52.5 Å². The van der Waals surface area contributed by atoms with E-state index in [1.54, 1.807) is 19.1 Å². The quantitative estimate of drug-likeness (QED) is 0.775. The summed E-state index contributed by atoms with van der Waals surface area (Å²) in [6, 6.07) is 5.56. The molecular formula is C21H27NO5. The van der Waals surface area contributed by atoms with Crippen LogP contribution in [0.1, 0.15) is 55.6 Å². The molecule has 0 aliphatic heterocycles. The third kappa shape index (κ3) is 4.43. The summed E-state index contributed by atoms with van der Waals surface area (Å²) in [6.07, 6.45) is 4.42. The molecule has 1 aromatic carbocycles. The molecule has 1 fully saturated rings. The molecule has 1 aliphatic rings. The van der Waals surface area contributed by atoms with Crippen LogP contribution in [0.15, 0.2) is 22.6 Å². The summed E-state index contributed by atoms with van der Waals surface area (Å²) in [4.78, 5) is 24.5. The first-order valence-corrected chi connectivity index (χ1v) is 9.62. The summed E-state index contributed by atoms with van der Waals surface area (Å²) in [5.41, 5.74) is 1.27. The monoisotopic (exact) mass is 373 g/mol. The number of esters is 1. The van der Waals surface area contributed by atoms with E-state index in [1.165, 1.54) is 6.42 Å². The number of furan rings is 1. The molecule has 1 saturated carbocycles. The van der Waals surface area contributed by atoms with Crippen molar-refractivity contribution < 1.29 is 23.5 Å². The molecule has 0 radical (unpaired) electrons. The number of hydrogen-bond donors (Lipinski definition) is 1. The number of fused-ring (bicyclic) bond motifs is 1. The minimum atomic E-state index is -0.631. The molecule has 2 aromatic rings. The number of carbonyl (C=O) groups excluding carboxylic acids is 2. The number of carbonyl (C=O) groups is 2. The number of aryl methyl sites for hydroxylation is 1. The predicted molar refractivity (Wildman–Crippen MR) is 102 cm³/mol. The van der Waals surface area contributed by atoms with E-state index >= 15 is 0 Å². The van der Waals surface area contributed by atoms with Gasteiger partial charge in [0.1, 0.15) is 11.3 Å². The van der Waals surface area contributed by atoms with Gasteiger partial charge in [-0.2, -0.15) is 0 Å². The second-order valence-electron chi connectivity index (χ2n) is 7.16. The van der Waals surface area contributed by atoms with Crippen LogP contribution in [0.3, 0.4) is 0 Å². The van der Waals surface area contributed by atoms with Gasteiger partial charge in [-0.1, -0.05) is 19.8 Å². The zero-order valence-electron chi connectivity index (χ0n) is 16.2. The minimum absolute atomic E-state index is 0.123. The number of rotatable bonds is 6. The van der Waals surface area contributed by atoms with E-state index in [1.807, 2.05) is 13.0 Å². The van der Waals surface area contributed by atoms with Gasteiger partial charge in [-0.25, -0.2) is 4.79 Å². The Kier molecular flexibility index (Phi) is 6.04. The molecule has 6 nitrogen and oxygen atoms in total. The molecule has 1 aliphatic carbocycles. The van der Waals surface area contributed by atoms with Gasteiger partial charge in [-0.05, 0) is 50.8 Å². The van der Waals surface area contributed by atoms with Crippen LogP contribution in [0.25, 0.3) is 11.0 Å². The number of ether oxygens (including phenoxy) is 2. The molecule has 0 saturated heterocycles. The second-order valence-corrected chi connectivity index (χ2v) is 7.16. The first-order valence-electron chi connectivity index (χ1n) is 9.62. The van der Waals surface area contributed by atoms with Crippen LogP contribution in [0, 0.1) is 12.8 Å². The summed E-state index contributed by atoms with van der Waals surface area (Å²) in [7, 11) is 0. The van der Waals surface area contributed by atoms with Crippen molar-refractivity contribution in [1.82, 2.24) is 5.32 Å². The number of hydrogen-bond acceptors (Lipinski definition) is 5. The van der Waals surface area contributed by atoms with Gasteiger partial charge >= 0.3 is 5.97 Å². The molecule has 1 amide bonds. The average Bonchev–Trinajstić information content (AvgIpc) is 2.98. The molecule has 2 atom stereocenters. The SMILES string of the molecule is CCOc1ccc2oc(C(=O)OCC(=O)N[C@H]3CCCC[C@H]3C)c(C)c2c1. The van der Waals surface area contributed by atoms with Crippen LogP contribution >= 0.6 is 0 Å². The molecule has 0 bridgehead atoms. The Morgan fingerprint density at radius 1 is 1.26 bits per heavy atom. The normalized spacial score (nSPS) is 19.7. The van der Waals surface area contributed by atoms with Crippen LogP contribution < -0.4 is 10.1 Å². The first kappa shape index (κ1) is 19.3. The van der Waals surface area contributed by atoms with Gasteiger partial charge in [0.2, 0.25) is 5.76 Å². The zero-order chi connectivity index (χ0) is 19.4. The molecule has 27 heavy (non-hydrogen) atoms. The predicted octanol–water partition coefficient (Wildman–Crippen LogP) is 3.99. The van der Waals surface area contributed by atoms with E-state index in [4.69, 9.17) is 13.9 Å². The van der Waals surface area contributed by atoms with Gasteiger partial charge in [-0.15, -0.1) is 0 Å². The van der Waals surface area contributed by atoms with Crippen molar-refractivity contribution in [3.05, 3.63) is 29.5 Å². The van der Waals surface area contributed by atoms with E-state index in [9.17, 15) is 9.59 Å². The molecule has 0 spiro atoms. The Morgan fingerprint density at radius 3 is 2.78 bits per heavy atom. The lowest BCUT2D eigenvalue weighted by molar-refractivity contribution is -0.125. The molecule has 3 rings (SSSR count). The van der Waals surface area contributed by atoms with Gasteiger partial charge in [-0.3, -0.25) is 4.79 Å². The molecule has 146 valence electrons. The highest BCUT2D eigenvalue weighted by atomic mass is 16.5. The number of benzene rings is 1. The van der Waals surface area contributed by atoms with Crippen LogP contribution in [-0.2, 0) is 9.53 Å². The van der Waals surface area contributed by atoms with Crippen LogP contribution in [0.5, 0.6) is 5.75 Å². The molecular weight excluding hydrogens is 346 g/mol. The van der Waals surface area contributed by atoms with Crippen molar-refractivity contribution >= 4 is 22.8 Å². The Hall–Kier alpha value is -2.50. The Bertz CT molecular complexity index is 825. The fraction of sp³-hybridized carbons (Fsp3) is 0.524. The van der Waals surface area contributed by atoms with E-state index in [-0.39, 0.29) is 24.3 Å². The number of nitrogens with one attached hydrogen (secondary N) is 1. The molecule has 0 unspecified atom stereocenters. The highest BCUT2D eigenvalue weighted by Crippen LogP contribution is 2.29. The highest BCUT2D eigenvalue weighted by molar-refractivity contribution is 5.97. The minimum Gasteiger partial charge on any atom is -0.494 e. The Labute approximate surface area is 159 Å². The third-order valence-electron chi connectivity index (χ3n) is 5.20. The maximum atomic E-state index is 12.4. The molecule has 1 aromatic heterocycles.